The third-order valence-corrected chi connectivity index (χ3v) is 4.44. The maximum Gasteiger partial charge on any atom is 0.321 e. The highest BCUT2D eigenvalue weighted by Crippen LogP contribution is 2.17. The second-order valence-electron chi connectivity index (χ2n) is 5.51. The third kappa shape index (κ3) is 4.38. The lowest BCUT2D eigenvalue weighted by atomic mass is 10.1. The van der Waals surface area contributed by atoms with Crippen LogP contribution in [0.3, 0.4) is 0 Å². The van der Waals surface area contributed by atoms with Crippen LogP contribution in [0.5, 0.6) is 0 Å². The quantitative estimate of drug-likeness (QED) is 0.899. The van der Waals surface area contributed by atoms with Crippen LogP contribution in [-0.4, -0.2) is 34.3 Å². The van der Waals surface area contributed by atoms with Crippen molar-refractivity contribution >= 4 is 28.3 Å². The molecule has 0 spiro atoms. The van der Waals surface area contributed by atoms with Crippen LogP contribution in [0, 0.1) is 6.92 Å². The van der Waals surface area contributed by atoms with Gasteiger partial charge in [-0.3, -0.25) is 5.32 Å². The predicted molar refractivity (Wildman–Crippen MR) is 90.8 cm³/mol. The van der Waals surface area contributed by atoms with Gasteiger partial charge in [0.25, 0.3) is 0 Å². The number of anilines is 2. The third-order valence-electron chi connectivity index (χ3n) is 3.69. The highest BCUT2D eigenvalue weighted by atomic mass is 32.1. The summed E-state index contributed by atoms with van der Waals surface area (Å²) in [6.07, 6.45) is 5.59. The number of amides is 2. The van der Waals surface area contributed by atoms with Crippen molar-refractivity contribution in [2.75, 3.05) is 23.3 Å². The Balaban J connectivity index is 1.49. The molecule has 1 aliphatic heterocycles. The van der Waals surface area contributed by atoms with Crippen molar-refractivity contribution in [2.24, 2.45) is 0 Å². The Labute approximate surface area is 139 Å². The van der Waals surface area contributed by atoms with Crippen LogP contribution in [0.15, 0.2) is 18.3 Å². The normalized spacial score (nSPS) is 14.6. The van der Waals surface area contributed by atoms with Crippen LogP contribution in [0.2, 0.25) is 0 Å². The molecule has 0 unspecified atom stereocenters. The van der Waals surface area contributed by atoms with Crippen LogP contribution in [0.1, 0.15) is 29.8 Å². The van der Waals surface area contributed by atoms with E-state index in [0.717, 1.165) is 29.5 Å². The average molecular weight is 332 g/mol. The number of nitrogens with zero attached hydrogens (tertiary/aromatic N) is 4. The molecule has 0 saturated carbocycles. The van der Waals surface area contributed by atoms with Gasteiger partial charge in [0.2, 0.25) is 5.13 Å². The van der Waals surface area contributed by atoms with Gasteiger partial charge in [0.15, 0.2) is 0 Å². The topological polar surface area (TPSA) is 83.0 Å². The molecule has 0 aromatic carbocycles. The van der Waals surface area contributed by atoms with Crippen LogP contribution < -0.4 is 15.5 Å². The summed E-state index contributed by atoms with van der Waals surface area (Å²) >= 11 is 1.34. The highest BCUT2D eigenvalue weighted by molar-refractivity contribution is 7.15. The fourth-order valence-electron chi connectivity index (χ4n) is 2.50. The number of piperidine rings is 1. The van der Waals surface area contributed by atoms with Gasteiger partial charge in [-0.05, 0) is 37.8 Å². The molecule has 2 N–H and O–H groups in total. The Morgan fingerprint density at radius 3 is 2.74 bits per heavy atom. The summed E-state index contributed by atoms with van der Waals surface area (Å²) in [5, 5.41) is 14.5. The Kier molecular flexibility index (Phi) is 5.02. The molecular formula is C15H20N6OS. The first-order chi connectivity index (χ1) is 11.2. The number of carbonyl (C=O) groups excluding carboxylic acids is 1. The monoisotopic (exact) mass is 332 g/mol. The van der Waals surface area contributed by atoms with E-state index >= 15 is 0 Å². The van der Waals surface area contributed by atoms with Gasteiger partial charge in [-0.2, -0.15) is 0 Å². The van der Waals surface area contributed by atoms with E-state index in [4.69, 9.17) is 0 Å². The van der Waals surface area contributed by atoms with Gasteiger partial charge in [0, 0.05) is 25.8 Å². The molecule has 0 radical (unpaired) electrons. The Morgan fingerprint density at radius 1 is 1.26 bits per heavy atom. The van der Waals surface area contributed by atoms with Crippen molar-refractivity contribution in [1.82, 2.24) is 20.5 Å². The highest BCUT2D eigenvalue weighted by Gasteiger charge is 2.12. The fraction of sp³-hybridized carbons (Fsp3) is 0.467. The van der Waals surface area contributed by atoms with Crippen molar-refractivity contribution in [3.05, 3.63) is 28.9 Å². The molecule has 2 aromatic heterocycles. The molecule has 0 bridgehead atoms. The van der Waals surface area contributed by atoms with Crippen molar-refractivity contribution in [3.63, 3.8) is 0 Å². The Morgan fingerprint density at radius 2 is 2.09 bits per heavy atom. The fourth-order valence-corrected chi connectivity index (χ4v) is 3.09. The lowest BCUT2D eigenvalue weighted by Gasteiger charge is -2.27. The van der Waals surface area contributed by atoms with Gasteiger partial charge in [-0.25, -0.2) is 9.78 Å². The largest absolute Gasteiger partial charge is 0.357 e. The summed E-state index contributed by atoms with van der Waals surface area (Å²) in [6, 6.07) is 3.74. The Bertz CT molecular complexity index is 650. The zero-order chi connectivity index (χ0) is 16.1. The lowest BCUT2D eigenvalue weighted by molar-refractivity contribution is 0.251. The zero-order valence-electron chi connectivity index (χ0n) is 13.1. The summed E-state index contributed by atoms with van der Waals surface area (Å²) in [5.74, 6) is 1.02. The van der Waals surface area contributed by atoms with Gasteiger partial charge in [-0.15, -0.1) is 10.2 Å². The maximum atomic E-state index is 11.8. The van der Waals surface area contributed by atoms with E-state index in [1.807, 2.05) is 25.3 Å². The molecule has 2 aromatic rings. The smallest absolute Gasteiger partial charge is 0.321 e. The summed E-state index contributed by atoms with van der Waals surface area (Å²) in [7, 11) is 0. The van der Waals surface area contributed by atoms with Crippen molar-refractivity contribution in [1.29, 1.82) is 0 Å². The SMILES string of the molecule is Cc1nnc(NC(=O)NCc2ccc(N3CCCCC3)nc2)s1. The van der Waals surface area contributed by atoms with Crippen LogP contribution in [0.25, 0.3) is 0 Å². The first-order valence-electron chi connectivity index (χ1n) is 7.75. The molecule has 1 aliphatic rings. The molecule has 23 heavy (non-hydrogen) atoms. The van der Waals surface area contributed by atoms with Crippen LogP contribution in [-0.2, 0) is 6.54 Å². The number of carbonyl (C=O) groups is 1. The van der Waals surface area contributed by atoms with Gasteiger partial charge < -0.3 is 10.2 Å². The van der Waals surface area contributed by atoms with Gasteiger partial charge in [0.1, 0.15) is 10.8 Å². The second kappa shape index (κ2) is 7.36. The molecule has 2 amide bonds. The minimum atomic E-state index is -0.291. The van der Waals surface area contributed by atoms with E-state index in [-0.39, 0.29) is 6.03 Å². The first kappa shape index (κ1) is 15.7. The number of nitrogens with one attached hydrogen (secondary N) is 2. The summed E-state index contributed by atoms with van der Waals surface area (Å²) in [5.41, 5.74) is 0.967. The van der Waals surface area contributed by atoms with Crippen LogP contribution in [0.4, 0.5) is 15.7 Å². The standard InChI is InChI=1S/C15H20N6OS/c1-11-19-20-15(23-11)18-14(22)17-10-12-5-6-13(16-9-12)21-7-3-2-4-8-21/h5-6,9H,2-4,7-8,10H2,1H3,(H2,17,18,20,22). The summed E-state index contributed by atoms with van der Waals surface area (Å²) in [4.78, 5) is 18.6. The predicted octanol–water partition coefficient (Wildman–Crippen LogP) is 2.55. The van der Waals surface area contributed by atoms with E-state index in [1.165, 1.54) is 30.6 Å². The molecule has 1 saturated heterocycles. The van der Waals surface area contributed by atoms with Gasteiger partial charge in [0.05, 0.1) is 0 Å². The molecule has 0 atom stereocenters. The molecular weight excluding hydrogens is 312 g/mol. The van der Waals surface area contributed by atoms with E-state index in [9.17, 15) is 4.79 Å². The number of pyridine rings is 1. The number of urea groups is 1. The van der Waals surface area contributed by atoms with Crippen molar-refractivity contribution in [2.45, 2.75) is 32.7 Å². The molecule has 8 heteroatoms. The molecule has 122 valence electrons. The molecule has 3 heterocycles. The minimum Gasteiger partial charge on any atom is -0.357 e. The Hall–Kier alpha value is -2.22. The lowest BCUT2D eigenvalue weighted by Crippen LogP contribution is -2.30. The molecule has 3 rings (SSSR count). The summed E-state index contributed by atoms with van der Waals surface area (Å²) < 4.78 is 0. The maximum absolute atomic E-state index is 11.8. The molecule has 1 fully saturated rings. The second-order valence-corrected chi connectivity index (χ2v) is 6.69. The van der Waals surface area contributed by atoms with Crippen molar-refractivity contribution < 1.29 is 4.79 Å². The van der Waals surface area contributed by atoms with Gasteiger partial charge in [-0.1, -0.05) is 17.4 Å². The molecule has 7 nitrogen and oxygen atoms in total. The number of aromatic nitrogens is 3. The zero-order valence-corrected chi connectivity index (χ0v) is 13.9. The van der Waals surface area contributed by atoms with E-state index < -0.39 is 0 Å². The average Bonchev–Trinajstić information content (AvgIpc) is 2.99. The number of aryl methyl sites for hydroxylation is 1. The van der Waals surface area contributed by atoms with Crippen LogP contribution >= 0.6 is 11.3 Å². The minimum absolute atomic E-state index is 0.291. The molecule has 0 aliphatic carbocycles. The number of hydrogen-bond donors (Lipinski definition) is 2. The van der Waals surface area contributed by atoms with E-state index in [2.05, 4.69) is 30.7 Å². The number of hydrogen-bond acceptors (Lipinski definition) is 6. The van der Waals surface area contributed by atoms with E-state index in [1.54, 1.807) is 0 Å². The van der Waals surface area contributed by atoms with Gasteiger partial charge >= 0.3 is 6.03 Å². The van der Waals surface area contributed by atoms with E-state index in [0.29, 0.717) is 11.7 Å². The van der Waals surface area contributed by atoms with Crippen molar-refractivity contribution in [3.8, 4) is 0 Å². The first-order valence-corrected chi connectivity index (χ1v) is 8.57. The number of rotatable bonds is 4. The summed E-state index contributed by atoms with van der Waals surface area (Å²) in [6.45, 7) is 4.43.